The number of hydrogen-bond donors (Lipinski definition) is 0. The van der Waals surface area contributed by atoms with E-state index in [1.165, 1.54) is 0 Å². The van der Waals surface area contributed by atoms with Crippen molar-refractivity contribution in [2.75, 3.05) is 11.9 Å². The molecule has 5 nitrogen and oxygen atoms in total. The fraction of sp³-hybridized carbons (Fsp3) is 0.308. The van der Waals surface area contributed by atoms with Gasteiger partial charge >= 0.3 is 0 Å². The predicted molar refractivity (Wildman–Crippen MR) is 76.8 cm³/mol. The van der Waals surface area contributed by atoms with Gasteiger partial charge < -0.3 is 4.90 Å². The molecule has 0 amide bonds. The van der Waals surface area contributed by atoms with Gasteiger partial charge in [0.05, 0.1) is 22.2 Å². The number of rotatable bonds is 4. The van der Waals surface area contributed by atoms with Crippen molar-refractivity contribution in [3.8, 4) is 0 Å². The minimum atomic E-state index is -0.358. The molecule has 2 rings (SSSR count). The van der Waals surface area contributed by atoms with E-state index in [-0.39, 0.29) is 10.6 Å². The summed E-state index contributed by atoms with van der Waals surface area (Å²) in [6.45, 7) is 4.42. The standard InChI is InChI=1S/C13H15N3O2S/c1-9-6-12(4-5-13(9)16(17)18)15(3)7-11-8-19-10(2)14-11/h4-6,8H,7H2,1-3H3. The van der Waals surface area contributed by atoms with Crippen LogP contribution in [0.2, 0.25) is 0 Å². The predicted octanol–water partition coefficient (Wildman–Crippen LogP) is 3.30. The SMILES string of the molecule is Cc1nc(CN(C)c2ccc([N+](=O)[O-])c(C)c2)cs1. The summed E-state index contributed by atoms with van der Waals surface area (Å²) in [5.74, 6) is 0. The van der Waals surface area contributed by atoms with Crippen molar-refractivity contribution in [2.24, 2.45) is 0 Å². The number of nitro benzene ring substituents is 1. The van der Waals surface area contributed by atoms with Crippen LogP contribution >= 0.6 is 11.3 Å². The minimum absolute atomic E-state index is 0.154. The smallest absolute Gasteiger partial charge is 0.272 e. The zero-order valence-electron chi connectivity index (χ0n) is 11.1. The highest BCUT2D eigenvalue weighted by Crippen LogP contribution is 2.24. The fourth-order valence-corrected chi connectivity index (χ4v) is 2.50. The van der Waals surface area contributed by atoms with Gasteiger partial charge in [-0.2, -0.15) is 0 Å². The van der Waals surface area contributed by atoms with Crippen LogP contribution in [-0.4, -0.2) is 17.0 Å². The second-order valence-corrected chi connectivity index (χ2v) is 5.50. The van der Waals surface area contributed by atoms with Gasteiger partial charge in [0.2, 0.25) is 0 Å². The zero-order valence-corrected chi connectivity index (χ0v) is 11.9. The lowest BCUT2D eigenvalue weighted by atomic mass is 10.1. The van der Waals surface area contributed by atoms with Gasteiger partial charge in [-0.25, -0.2) is 4.98 Å². The summed E-state index contributed by atoms with van der Waals surface area (Å²) in [6.07, 6.45) is 0. The van der Waals surface area contributed by atoms with Crippen LogP contribution in [0.5, 0.6) is 0 Å². The first kappa shape index (κ1) is 13.5. The summed E-state index contributed by atoms with van der Waals surface area (Å²) in [6, 6.07) is 5.15. The minimum Gasteiger partial charge on any atom is -0.369 e. The Bertz CT molecular complexity index is 610. The van der Waals surface area contributed by atoms with E-state index in [2.05, 4.69) is 4.98 Å². The van der Waals surface area contributed by atoms with Gasteiger partial charge in [0.15, 0.2) is 0 Å². The number of benzene rings is 1. The Labute approximate surface area is 115 Å². The molecule has 0 bridgehead atoms. The maximum atomic E-state index is 10.8. The summed E-state index contributed by atoms with van der Waals surface area (Å²) in [4.78, 5) is 16.9. The lowest BCUT2D eigenvalue weighted by molar-refractivity contribution is -0.385. The van der Waals surface area contributed by atoms with Crippen LogP contribution in [0.15, 0.2) is 23.6 Å². The lowest BCUT2D eigenvalue weighted by Crippen LogP contribution is -2.16. The first-order chi connectivity index (χ1) is 8.97. The Morgan fingerprint density at radius 3 is 2.68 bits per heavy atom. The molecule has 1 aromatic carbocycles. The molecule has 0 unspecified atom stereocenters. The van der Waals surface area contributed by atoms with Crippen LogP contribution in [0.1, 0.15) is 16.3 Å². The highest BCUT2D eigenvalue weighted by atomic mass is 32.1. The number of aryl methyl sites for hydroxylation is 2. The number of hydrogen-bond acceptors (Lipinski definition) is 5. The highest BCUT2D eigenvalue weighted by Gasteiger charge is 2.12. The molecule has 0 atom stereocenters. The fourth-order valence-electron chi connectivity index (χ4n) is 1.90. The number of anilines is 1. The van der Waals surface area contributed by atoms with E-state index >= 15 is 0 Å². The summed E-state index contributed by atoms with van der Waals surface area (Å²) < 4.78 is 0. The Hall–Kier alpha value is -1.95. The Morgan fingerprint density at radius 1 is 1.42 bits per heavy atom. The average Bonchev–Trinajstić information content (AvgIpc) is 2.74. The van der Waals surface area contributed by atoms with E-state index < -0.39 is 0 Å². The van der Waals surface area contributed by atoms with E-state index in [9.17, 15) is 10.1 Å². The maximum Gasteiger partial charge on any atom is 0.272 e. The summed E-state index contributed by atoms with van der Waals surface area (Å²) in [5, 5.41) is 13.9. The molecule has 1 heterocycles. The van der Waals surface area contributed by atoms with Crippen molar-refractivity contribution in [3.05, 3.63) is 50.0 Å². The van der Waals surface area contributed by atoms with Crippen molar-refractivity contribution in [1.82, 2.24) is 4.98 Å². The van der Waals surface area contributed by atoms with E-state index in [1.807, 2.05) is 30.3 Å². The van der Waals surface area contributed by atoms with E-state index in [1.54, 1.807) is 30.4 Å². The molecule has 0 aliphatic heterocycles. The van der Waals surface area contributed by atoms with Crippen LogP contribution in [0.25, 0.3) is 0 Å². The van der Waals surface area contributed by atoms with Gasteiger partial charge in [-0.05, 0) is 26.0 Å². The second-order valence-electron chi connectivity index (χ2n) is 4.44. The third-order valence-corrected chi connectivity index (χ3v) is 3.71. The maximum absolute atomic E-state index is 10.8. The normalized spacial score (nSPS) is 10.5. The van der Waals surface area contributed by atoms with Crippen molar-refractivity contribution in [3.63, 3.8) is 0 Å². The topological polar surface area (TPSA) is 59.3 Å². The first-order valence-corrected chi connectivity index (χ1v) is 6.72. The van der Waals surface area contributed by atoms with Crippen LogP contribution in [0.4, 0.5) is 11.4 Å². The molecule has 0 saturated heterocycles. The average molecular weight is 277 g/mol. The Balaban J connectivity index is 2.17. The molecule has 19 heavy (non-hydrogen) atoms. The molecule has 100 valence electrons. The summed E-state index contributed by atoms with van der Waals surface area (Å²) in [5.41, 5.74) is 2.79. The van der Waals surface area contributed by atoms with Gasteiger partial charge in [0, 0.05) is 29.7 Å². The van der Waals surface area contributed by atoms with Crippen molar-refractivity contribution < 1.29 is 4.92 Å². The van der Waals surface area contributed by atoms with Gasteiger partial charge in [-0.1, -0.05) is 0 Å². The van der Waals surface area contributed by atoms with E-state index in [0.717, 1.165) is 16.4 Å². The second kappa shape index (κ2) is 5.36. The van der Waals surface area contributed by atoms with Gasteiger partial charge in [0.1, 0.15) is 0 Å². The lowest BCUT2D eigenvalue weighted by Gasteiger charge is -2.18. The first-order valence-electron chi connectivity index (χ1n) is 5.84. The zero-order chi connectivity index (χ0) is 14.0. The molecule has 6 heteroatoms. The molecule has 0 radical (unpaired) electrons. The largest absolute Gasteiger partial charge is 0.369 e. The number of aromatic nitrogens is 1. The molecule has 2 aromatic rings. The van der Waals surface area contributed by atoms with Crippen molar-refractivity contribution >= 4 is 22.7 Å². The quantitative estimate of drug-likeness (QED) is 0.635. The van der Waals surface area contributed by atoms with Crippen molar-refractivity contribution in [2.45, 2.75) is 20.4 Å². The molecule has 0 aliphatic carbocycles. The Morgan fingerprint density at radius 2 is 2.16 bits per heavy atom. The highest BCUT2D eigenvalue weighted by molar-refractivity contribution is 7.09. The van der Waals surface area contributed by atoms with Crippen LogP contribution < -0.4 is 4.90 Å². The molecule has 0 aliphatic rings. The van der Waals surface area contributed by atoms with Crippen molar-refractivity contribution in [1.29, 1.82) is 0 Å². The summed E-state index contributed by atoms with van der Waals surface area (Å²) in [7, 11) is 1.95. The van der Waals surface area contributed by atoms with Crippen LogP contribution in [0, 0.1) is 24.0 Å². The molecule has 0 saturated carbocycles. The van der Waals surface area contributed by atoms with E-state index in [0.29, 0.717) is 12.1 Å². The van der Waals surface area contributed by atoms with Crippen LogP contribution in [0.3, 0.4) is 0 Å². The number of nitro groups is 1. The third-order valence-electron chi connectivity index (χ3n) is 2.88. The van der Waals surface area contributed by atoms with Gasteiger partial charge in [0.25, 0.3) is 5.69 Å². The molecular weight excluding hydrogens is 262 g/mol. The monoisotopic (exact) mass is 277 g/mol. The van der Waals surface area contributed by atoms with Gasteiger partial charge in [-0.15, -0.1) is 11.3 Å². The number of nitrogens with zero attached hydrogens (tertiary/aromatic N) is 3. The third kappa shape index (κ3) is 3.08. The molecule has 0 fully saturated rings. The van der Waals surface area contributed by atoms with E-state index in [4.69, 9.17) is 0 Å². The molecule has 0 spiro atoms. The number of thiazole rings is 1. The van der Waals surface area contributed by atoms with Crippen LogP contribution in [-0.2, 0) is 6.54 Å². The molecular formula is C13H15N3O2S. The summed E-state index contributed by atoms with van der Waals surface area (Å²) >= 11 is 1.62. The van der Waals surface area contributed by atoms with Gasteiger partial charge in [-0.3, -0.25) is 10.1 Å². The molecule has 1 aromatic heterocycles. The molecule has 0 N–H and O–H groups in total. The Kier molecular flexibility index (Phi) is 3.80.